The van der Waals surface area contributed by atoms with Gasteiger partial charge in [0.2, 0.25) is 5.91 Å². The summed E-state index contributed by atoms with van der Waals surface area (Å²) in [6, 6.07) is 17.5. The number of amides is 1. The SMILES string of the molecule is O=C(CN(Cc1ccco1)Cc1ccco1)NCCCOCc1ccccc1. The van der Waals surface area contributed by atoms with Gasteiger partial charge in [-0.15, -0.1) is 0 Å². The molecular formula is C22H26N2O4. The van der Waals surface area contributed by atoms with Gasteiger partial charge in [0.15, 0.2) is 0 Å². The number of nitrogens with zero attached hydrogens (tertiary/aromatic N) is 1. The van der Waals surface area contributed by atoms with Crippen LogP contribution < -0.4 is 5.32 Å². The molecule has 148 valence electrons. The Labute approximate surface area is 165 Å². The van der Waals surface area contributed by atoms with Gasteiger partial charge in [-0.25, -0.2) is 0 Å². The molecule has 0 aliphatic rings. The van der Waals surface area contributed by atoms with Gasteiger partial charge in [-0.1, -0.05) is 30.3 Å². The van der Waals surface area contributed by atoms with E-state index >= 15 is 0 Å². The number of furan rings is 2. The number of hydrogen-bond donors (Lipinski definition) is 1. The van der Waals surface area contributed by atoms with Gasteiger partial charge in [-0.05, 0) is 36.2 Å². The van der Waals surface area contributed by atoms with Gasteiger partial charge in [0.25, 0.3) is 0 Å². The molecule has 1 N–H and O–H groups in total. The molecule has 6 nitrogen and oxygen atoms in total. The van der Waals surface area contributed by atoms with Crippen molar-refractivity contribution in [2.75, 3.05) is 19.7 Å². The average Bonchev–Trinajstić information content (AvgIpc) is 3.39. The fraction of sp³-hybridized carbons (Fsp3) is 0.318. The van der Waals surface area contributed by atoms with Crippen LogP contribution in [0.25, 0.3) is 0 Å². The van der Waals surface area contributed by atoms with Gasteiger partial charge in [0, 0.05) is 13.2 Å². The lowest BCUT2D eigenvalue weighted by molar-refractivity contribution is -0.122. The maximum atomic E-state index is 12.3. The Hall–Kier alpha value is -2.83. The highest BCUT2D eigenvalue weighted by atomic mass is 16.5. The molecule has 0 saturated carbocycles. The summed E-state index contributed by atoms with van der Waals surface area (Å²) in [5.74, 6) is 1.60. The Morgan fingerprint density at radius 2 is 1.61 bits per heavy atom. The Morgan fingerprint density at radius 3 is 2.21 bits per heavy atom. The largest absolute Gasteiger partial charge is 0.468 e. The number of ether oxygens (including phenoxy) is 1. The third-order valence-electron chi connectivity index (χ3n) is 4.19. The second kappa shape index (κ2) is 11.1. The number of carbonyl (C=O) groups is 1. The smallest absolute Gasteiger partial charge is 0.234 e. The predicted octanol–water partition coefficient (Wildman–Crippen LogP) is 3.60. The van der Waals surface area contributed by atoms with E-state index < -0.39 is 0 Å². The van der Waals surface area contributed by atoms with Crippen molar-refractivity contribution in [1.29, 1.82) is 0 Å². The zero-order chi connectivity index (χ0) is 19.4. The summed E-state index contributed by atoms with van der Waals surface area (Å²) in [6.45, 7) is 3.14. The second-order valence-electron chi connectivity index (χ2n) is 6.55. The average molecular weight is 382 g/mol. The van der Waals surface area contributed by atoms with Crippen LogP contribution in [0.15, 0.2) is 76.0 Å². The molecule has 0 aliphatic heterocycles. The Kier molecular flexibility index (Phi) is 7.91. The topological polar surface area (TPSA) is 67.9 Å². The van der Waals surface area contributed by atoms with Crippen molar-refractivity contribution in [3.63, 3.8) is 0 Å². The van der Waals surface area contributed by atoms with E-state index in [1.807, 2.05) is 59.5 Å². The maximum Gasteiger partial charge on any atom is 0.234 e. The van der Waals surface area contributed by atoms with Crippen LogP contribution in [0.4, 0.5) is 0 Å². The molecule has 0 radical (unpaired) electrons. The molecule has 1 amide bonds. The van der Waals surface area contributed by atoms with E-state index in [1.165, 1.54) is 0 Å². The van der Waals surface area contributed by atoms with Crippen molar-refractivity contribution in [2.45, 2.75) is 26.1 Å². The molecule has 1 aromatic carbocycles. The second-order valence-corrected chi connectivity index (χ2v) is 6.55. The molecule has 6 heteroatoms. The van der Waals surface area contributed by atoms with E-state index in [0.717, 1.165) is 23.5 Å². The van der Waals surface area contributed by atoms with Gasteiger partial charge in [0.1, 0.15) is 11.5 Å². The van der Waals surface area contributed by atoms with E-state index in [4.69, 9.17) is 13.6 Å². The normalized spacial score (nSPS) is 11.0. The lowest BCUT2D eigenvalue weighted by atomic mass is 10.2. The molecule has 2 aromatic heterocycles. The first kappa shape index (κ1) is 19.9. The summed E-state index contributed by atoms with van der Waals surface area (Å²) in [7, 11) is 0. The van der Waals surface area contributed by atoms with Gasteiger partial charge < -0.3 is 18.9 Å². The summed E-state index contributed by atoms with van der Waals surface area (Å²) in [5.41, 5.74) is 1.15. The van der Waals surface area contributed by atoms with Crippen LogP contribution >= 0.6 is 0 Å². The molecule has 2 heterocycles. The Morgan fingerprint density at radius 1 is 0.929 bits per heavy atom. The van der Waals surface area contributed by atoms with Crippen molar-refractivity contribution in [3.05, 3.63) is 84.2 Å². The highest BCUT2D eigenvalue weighted by Gasteiger charge is 2.14. The summed E-state index contributed by atoms with van der Waals surface area (Å²) in [5, 5.41) is 2.95. The Balaban J connectivity index is 1.35. The van der Waals surface area contributed by atoms with Gasteiger partial charge in [-0.2, -0.15) is 0 Å². The number of benzene rings is 1. The lowest BCUT2D eigenvalue weighted by Crippen LogP contribution is -2.37. The minimum atomic E-state index is -0.0267. The fourth-order valence-electron chi connectivity index (χ4n) is 2.84. The lowest BCUT2D eigenvalue weighted by Gasteiger charge is -2.19. The first-order valence-electron chi connectivity index (χ1n) is 9.45. The molecule has 0 aliphatic carbocycles. The molecule has 28 heavy (non-hydrogen) atoms. The molecule has 0 atom stereocenters. The van der Waals surface area contributed by atoms with E-state index in [0.29, 0.717) is 32.8 Å². The van der Waals surface area contributed by atoms with Crippen LogP contribution in [0, 0.1) is 0 Å². The Bertz CT molecular complexity index is 749. The standard InChI is InChI=1S/C22H26N2O4/c25-22(23-11-6-12-26-18-19-7-2-1-3-8-19)17-24(15-20-9-4-13-27-20)16-21-10-5-14-28-21/h1-5,7-10,13-14H,6,11-12,15-18H2,(H,23,25). The number of nitrogens with one attached hydrogen (secondary N) is 1. The molecule has 0 saturated heterocycles. The summed E-state index contributed by atoms with van der Waals surface area (Å²) in [4.78, 5) is 14.3. The monoisotopic (exact) mass is 382 g/mol. The third kappa shape index (κ3) is 7.06. The molecular weight excluding hydrogens is 356 g/mol. The molecule has 0 bridgehead atoms. The van der Waals surface area contributed by atoms with Crippen molar-refractivity contribution in [3.8, 4) is 0 Å². The maximum absolute atomic E-state index is 12.3. The fourth-order valence-corrected chi connectivity index (χ4v) is 2.84. The van der Waals surface area contributed by atoms with Gasteiger partial charge >= 0.3 is 0 Å². The van der Waals surface area contributed by atoms with Crippen molar-refractivity contribution < 1.29 is 18.4 Å². The van der Waals surface area contributed by atoms with Crippen LogP contribution in [0.1, 0.15) is 23.5 Å². The first-order chi connectivity index (χ1) is 13.8. The zero-order valence-corrected chi connectivity index (χ0v) is 15.9. The van der Waals surface area contributed by atoms with E-state index in [9.17, 15) is 4.79 Å². The van der Waals surface area contributed by atoms with Gasteiger partial charge in [0.05, 0.1) is 38.8 Å². The summed E-state index contributed by atoms with van der Waals surface area (Å²) < 4.78 is 16.4. The third-order valence-corrected chi connectivity index (χ3v) is 4.19. The van der Waals surface area contributed by atoms with Crippen molar-refractivity contribution in [2.24, 2.45) is 0 Å². The molecule has 0 spiro atoms. The predicted molar refractivity (Wildman–Crippen MR) is 105 cm³/mol. The molecule has 0 fully saturated rings. The molecule has 3 rings (SSSR count). The molecule has 3 aromatic rings. The van der Waals surface area contributed by atoms with Crippen LogP contribution in [0.2, 0.25) is 0 Å². The number of carbonyl (C=O) groups excluding carboxylic acids is 1. The van der Waals surface area contributed by atoms with E-state index in [1.54, 1.807) is 12.5 Å². The quantitative estimate of drug-likeness (QED) is 0.485. The van der Waals surface area contributed by atoms with E-state index in [-0.39, 0.29) is 12.5 Å². The van der Waals surface area contributed by atoms with Crippen LogP contribution in [0.3, 0.4) is 0 Å². The minimum Gasteiger partial charge on any atom is -0.468 e. The van der Waals surface area contributed by atoms with Crippen LogP contribution in [-0.2, 0) is 29.2 Å². The number of hydrogen-bond acceptors (Lipinski definition) is 5. The van der Waals surface area contributed by atoms with Crippen molar-refractivity contribution >= 4 is 5.91 Å². The summed E-state index contributed by atoms with van der Waals surface area (Å²) in [6.07, 6.45) is 4.04. The van der Waals surface area contributed by atoms with Crippen LogP contribution in [0.5, 0.6) is 0 Å². The zero-order valence-electron chi connectivity index (χ0n) is 15.9. The van der Waals surface area contributed by atoms with Crippen molar-refractivity contribution in [1.82, 2.24) is 10.2 Å². The summed E-state index contributed by atoms with van der Waals surface area (Å²) >= 11 is 0. The highest BCUT2D eigenvalue weighted by Crippen LogP contribution is 2.10. The first-order valence-corrected chi connectivity index (χ1v) is 9.45. The van der Waals surface area contributed by atoms with E-state index in [2.05, 4.69) is 5.32 Å². The van der Waals surface area contributed by atoms with Gasteiger partial charge in [-0.3, -0.25) is 9.69 Å². The van der Waals surface area contributed by atoms with Crippen LogP contribution in [-0.4, -0.2) is 30.5 Å². The number of rotatable bonds is 12. The highest BCUT2D eigenvalue weighted by molar-refractivity contribution is 5.77. The molecule has 0 unspecified atom stereocenters. The minimum absolute atomic E-state index is 0.0267.